The highest BCUT2D eigenvalue weighted by Crippen LogP contribution is 2.20. The van der Waals surface area contributed by atoms with E-state index < -0.39 is 10.5 Å². The van der Waals surface area contributed by atoms with E-state index in [1.165, 1.54) is 12.3 Å². The molecule has 0 amide bonds. The van der Waals surface area contributed by atoms with Crippen LogP contribution in [0.25, 0.3) is 0 Å². The van der Waals surface area contributed by atoms with Crippen molar-refractivity contribution in [3.8, 4) is 5.75 Å². The molecule has 0 atom stereocenters. The summed E-state index contributed by atoms with van der Waals surface area (Å²) in [6, 6.07) is 1.22. The van der Waals surface area contributed by atoms with Gasteiger partial charge in [-0.25, -0.2) is 0 Å². The Morgan fingerprint density at radius 1 is 1.45 bits per heavy atom. The molecule has 20 heavy (non-hydrogen) atoms. The maximum Gasteiger partial charge on any atom is 0.318 e. The standard InChI is InChI=1S/C12H17N3O5/c16-12-11(10(15(17)18)2-3-13-12)20-7-1-4-14-5-8-19-9-6-14/h2-3H,1,4-9H2,(H,13,16). The molecule has 1 aliphatic heterocycles. The van der Waals surface area contributed by atoms with Gasteiger partial charge in [-0.1, -0.05) is 0 Å². The predicted molar refractivity (Wildman–Crippen MR) is 71.1 cm³/mol. The Hall–Kier alpha value is -1.93. The normalized spacial score (nSPS) is 16.0. The number of ether oxygens (including phenoxy) is 2. The number of nitrogens with zero attached hydrogens (tertiary/aromatic N) is 2. The van der Waals surface area contributed by atoms with E-state index >= 15 is 0 Å². The van der Waals surface area contributed by atoms with Crippen molar-refractivity contribution in [2.24, 2.45) is 0 Å². The van der Waals surface area contributed by atoms with E-state index in [0.29, 0.717) is 6.42 Å². The summed E-state index contributed by atoms with van der Waals surface area (Å²) in [6.45, 7) is 4.31. The van der Waals surface area contributed by atoms with E-state index in [2.05, 4.69) is 9.88 Å². The maximum atomic E-state index is 11.5. The zero-order valence-electron chi connectivity index (χ0n) is 11.0. The molecule has 0 unspecified atom stereocenters. The van der Waals surface area contributed by atoms with Crippen LogP contribution in [-0.4, -0.2) is 54.3 Å². The van der Waals surface area contributed by atoms with Crippen LogP contribution in [0.4, 0.5) is 5.69 Å². The fraction of sp³-hybridized carbons (Fsp3) is 0.583. The zero-order chi connectivity index (χ0) is 14.4. The second-order valence-electron chi connectivity index (χ2n) is 4.43. The van der Waals surface area contributed by atoms with Crippen molar-refractivity contribution >= 4 is 5.69 Å². The Balaban J connectivity index is 1.84. The lowest BCUT2D eigenvalue weighted by molar-refractivity contribution is -0.386. The van der Waals surface area contributed by atoms with Gasteiger partial charge >= 0.3 is 5.69 Å². The summed E-state index contributed by atoms with van der Waals surface area (Å²) in [7, 11) is 0. The van der Waals surface area contributed by atoms with Gasteiger partial charge in [0.15, 0.2) is 0 Å². The maximum absolute atomic E-state index is 11.5. The summed E-state index contributed by atoms with van der Waals surface area (Å²) in [5.41, 5.74) is -0.884. The third-order valence-electron chi connectivity index (χ3n) is 3.06. The van der Waals surface area contributed by atoms with Gasteiger partial charge in [0, 0.05) is 31.9 Å². The second-order valence-corrected chi connectivity index (χ2v) is 4.43. The smallest absolute Gasteiger partial charge is 0.318 e. The zero-order valence-corrected chi connectivity index (χ0v) is 11.0. The molecule has 8 nitrogen and oxygen atoms in total. The number of hydrogen-bond acceptors (Lipinski definition) is 6. The van der Waals surface area contributed by atoms with Gasteiger partial charge in [-0.15, -0.1) is 0 Å². The fourth-order valence-electron chi connectivity index (χ4n) is 2.02. The Labute approximate surface area is 115 Å². The Morgan fingerprint density at radius 2 is 2.20 bits per heavy atom. The molecule has 1 aliphatic rings. The quantitative estimate of drug-likeness (QED) is 0.460. The highest BCUT2D eigenvalue weighted by molar-refractivity contribution is 5.43. The second kappa shape index (κ2) is 7.01. The minimum atomic E-state index is -0.619. The third kappa shape index (κ3) is 3.78. The summed E-state index contributed by atoms with van der Waals surface area (Å²) in [6.07, 6.45) is 1.94. The van der Waals surface area contributed by atoms with Gasteiger partial charge < -0.3 is 14.5 Å². The van der Waals surface area contributed by atoms with Crippen molar-refractivity contribution in [1.29, 1.82) is 0 Å². The number of aromatic amines is 1. The topological polar surface area (TPSA) is 97.7 Å². The average molecular weight is 283 g/mol. The fourth-order valence-corrected chi connectivity index (χ4v) is 2.02. The van der Waals surface area contributed by atoms with Crippen LogP contribution < -0.4 is 10.3 Å². The molecular formula is C12H17N3O5. The van der Waals surface area contributed by atoms with Gasteiger partial charge in [0.05, 0.1) is 24.7 Å². The molecule has 0 aliphatic carbocycles. The summed E-state index contributed by atoms with van der Waals surface area (Å²) >= 11 is 0. The van der Waals surface area contributed by atoms with Crippen LogP contribution >= 0.6 is 0 Å². The molecule has 0 radical (unpaired) electrons. The van der Waals surface area contributed by atoms with E-state index in [1.807, 2.05) is 0 Å². The molecular weight excluding hydrogens is 266 g/mol. The SMILES string of the molecule is O=c1[nH]ccc([N+](=O)[O-])c1OCCCN1CCOCC1. The van der Waals surface area contributed by atoms with Crippen LogP contribution in [0.15, 0.2) is 17.1 Å². The van der Waals surface area contributed by atoms with Gasteiger partial charge in [-0.05, 0) is 6.42 Å². The number of morpholine rings is 1. The van der Waals surface area contributed by atoms with Crippen molar-refractivity contribution in [3.63, 3.8) is 0 Å². The lowest BCUT2D eigenvalue weighted by Crippen LogP contribution is -2.37. The number of hydrogen-bond donors (Lipinski definition) is 1. The van der Waals surface area contributed by atoms with Crippen molar-refractivity contribution in [2.45, 2.75) is 6.42 Å². The molecule has 110 valence electrons. The van der Waals surface area contributed by atoms with Crippen LogP contribution in [0, 0.1) is 10.1 Å². The minimum Gasteiger partial charge on any atom is -0.483 e. The average Bonchev–Trinajstić information content (AvgIpc) is 2.45. The van der Waals surface area contributed by atoms with Crippen molar-refractivity contribution in [3.05, 3.63) is 32.7 Å². The van der Waals surface area contributed by atoms with Gasteiger partial charge in [0.1, 0.15) is 0 Å². The molecule has 2 rings (SSSR count). The number of H-pyrrole nitrogens is 1. The number of pyridine rings is 1. The first kappa shape index (κ1) is 14.5. The van der Waals surface area contributed by atoms with E-state index in [4.69, 9.17) is 9.47 Å². The molecule has 1 saturated heterocycles. The first-order valence-electron chi connectivity index (χ1n) is 6.47. The van der Waals surface area contributed by atoms with Crippen molar-refractivity contribution < 1.29 is 14.4 Å². The predicted octanol–water partition coefficient (Wildman–Crippen LogP) is 0.384. The van der Waals surface area contributed by atoms with Crippen LogP contribution in [0.1, 0.15) is 6.42 Å². The molecule has 1 N–H and O–H groups in total. The molecule has 8 heteroatoms. The molecule has 2 heterocycles. The van der Waals surface area contributed by atoms with Crippen LogP contribution in [0.3, 0.4) is 0 Å². The Morgan fingerprint density at radius 3 is 2.90 bits per heavy atom. The molecule has 0 bridgehead atoms. The van der Waals surface area contributed by atoms with E-state index in [-0.39, 0.29) is 18.0 Å². The number of nitro groups is 1. The third-order valence-corrected chi connectivity index (χ3v) is 3.06. The minimum absolute atomic E-state index is 0.223. The lowest BCUT2D eigenvalue weighted by Gasteiger charge is -2.26. The summed E-state index contributed by atoms with van der Waals surface area (Å²) in [5.74, 6) is -0.223. The molecule has 0 saturated carbocycles. The van der Waals surface area contributed by atoms with Crippen LogP contribution in [-0.2, 0) is 4.74 Å². The largest absolute Gasteiger partial charge is 0.483 e. The van der Waals surface area contributed by atoms with Gasteiger partial charge in [-0.2, -0.15) is 0 Å². The highest BCUT2D eigenvalue weighted by atomic mass is 16.6. The molecule has 1 fully saturated rings. The van der Waals surface area contributed by atoms with Crippen molar-refractivity contribution in [2.75, 3.05) is 39.5 Å². The van der Waals surface area contributed by atoms with Crippen LogP contribution in [0.2, 0.25) is 0 Å². The van der Waals surface area contributed by atoms with Gasteiger partial charge in [0.2, 0.25) is 0 Å². The number of rotatable bonds is 6. The van der Waals surface area contributed by atoms with Crippen LogP contribution in [0.5, 0.6) is 5.75 Å². The van der Waals surface area contributed by atoms with E-state index in [1.54, 1.807) is 0 Å². The summed E-state index contributed by atoms with van der Waals surface area (Å²) in [5, 5.41) is 10.8. The summed E-state index contributed by atoms with van der Waals surface area (Å²) < 4.78 is 10.5. The van der Waals surface area contributed by atoms with Gasteiger partial charge in [0.25, 0.3) is 11.3 Å². The highest BCUT2D eigenvalue weighted by Gasteiger charge is 2.18. The summed E-state index contributed by atoms with van der Waals surface area (Å²) in [4.78, 5) is 26.3. The number of nitrogens with one attached hydrogen (secondary N) is 1. The molecule has 0 aromatic carbocycles. The lowest BCUT2D eigenvalue weighted by atomic mass is 10.3. The van der Waals surface area contributed by atoms with Crippen molar-refractivity contribution in [1.82, 2.24) is 9.88 Å². The molecule has 0 spiro atoms. The Bertz CT molecular complexity index is 510. The first-order valence-corrected chi connectivity index (χ1v) is 6.47. The van der Waals surface area contributed by atoms with Gasteiger partial charge in [-0.3, -0.25) is 19.8 Å². The van der Waals surface area contributed by atoms with E-state index in [9.17, 15) is 14.9 Å². The molecule has 1 aromatic rings. The number of aromatic nitrogens is 1. The Kier molecular flexibility index (Phi) is 5.08. The molecule has 1 aromatic heterocycles. The monoisotopic (exact) mass is 283 g/mol. The first-order chi connectivity index (χ1) is 9.68. The van der Waals surface area contributed by atoms with E-state index in [0.717, 1.165) is 32.8 Å².